The summed E-state index contributed by atoms with van der Waals surface area (Å²) in [7, 11) is 2.79. The highest BCUT2D eigenvalue weighted by Gasteiger charge is 2.30. The number of hydrogen-bond acceptors (Lipinski definition) is 10. The number of carbonyl (C=O) groups excluding carboxylic acids is 2. The molecule has 12 nitrogen and oxygen atoms in total. The van der Waals surface area contributed by atoms with Gasteiger partial charge in [0.05, 0.1) is 25.9 Å². The first-order valence-electron chi connectivity index (χ1n) is 8.73. The van der Waals surface area contributed by atoms with Gasteiger partial charge in [0.25, 0.3) is 0 Å². The van der Waals surface area contributed by atoms with Crippen molar-refractivity contribution in [1.29, 1.82) is 0 Å². The first-order valence-corrected chi connectivity index (χ1v) is 8.73. The number of benzene rings is 1. The van der Waals surface area contributed by atoms with E-state index in [0.29, 0.717) is 10.5 Å². The molecule has 0 aliphatic carbocycles. The van der Waals surface area contributed by atoms with E-state index in [-0.39, 0.29) is 28.4 Å². The third-order valence-corrected chi connectivity index (χ3v) is 3.82. The van der Waals surface area contributed by atoms with Gasteiger partial charge < -0.3 is 29.8 Å². The van der Waals surface area contributed by atoms with Gasteiger partial charge in [-0.05, 0) is 26.8 Å². The number of rotatable bonds is 7. The molecule has 1 unspecified atom stereocenters. The van der Waals surface area contributed by atoms with Gasteiger partial charge in [-0.3, -0.25) is 4.79 Å². The quantitative estimate of drug-likeness (QED) is 0.382. The molecule has 0 aliphatic heterocycles. The summed E-state index contributed by atoms with van der Waals surface area (Å²) in [6.07, 6.45) is -4.22. The predicted octanol–water partition coefficient (Wildman–Crippen LogP) is 2.26. The van der Waals surface area contributed by atoms with E-state index >= 15 is 0 Å². The Balaban J connectivity index is 2.58. The molecule has 3 N–H and O–H groups in total. The van der Waals surface area contributed by atoms with Gasteiger partial charge in [-0.25, -0.2) is 9.59 Å². The van der Waals surface area contributed by atoms with Crippen molar-refractivity contribution in [3.05, 3.63) is 29.1 Å². The number of ether oxygens (including phenoxy) is 4. The smallest absolute Gasteiger partial charge is 0.493 e. The average molecular weight is 422 g/mol. The SMILES string of the molecule is COc1cc(N)c(C(=O)c2nn(C(=O)OC(C)C)nc2C(C)OC(=O)O)cc1OC. The molecule has 2 aromatic rings. The Labute approximate surface area is 171 Å². The van der Waals surface area contributed by atoms with E-state index in [4.69, 9.17) is 25.1 Å². The van der Waals surface area contributed by atoms with Crippen LogP contribution in [0.25, 0.3) is 0 Å². The van der Waals surface area contributed by atoms with Crippen molar-refractivity contribution in [2.24, 2.45) is 0 Å². The summed E-state index contributed by atoms with van der Waals surface area (Å²) in [5.41, 5.74) is 5.49. The molecule has 1 aromatic heterocycles. The molecule has 1 heterocycles. The topological polar surface area (TPSA) is 165 Å². The fraction of sp³-hybridized carbons (Fsp3) is 0.389. The standard InChI is InChI=1S/C18H22N4O8/c1-8(2)29-17(24)22-20-14(9(3)30-18(25)26)15(21-22)16(23)10-6-12(27-4)13(28-5)7-11(10)19/h6-9H,19H2,1-5H3,(H,25,26). The lowest BCUT2D eigenvalue weighted by Gasteiger charge is -2.12. The number of carboxylic acid groups (broad SMARTS) is 1. The third kappa shape index (κ3) is 4.77. The maximum atomic E-state index is 13.2. The zero-order valence-corrected chi connectivity index (χ0v) is 17.0. The summed E-state index contributed by atoms with van der Waals surface area (Å²) < 4.78 is 20.0. The molecule has 0 amide bonds. The van der Waals surface area contributed by atoms with Crippen molar-refractivity contribution >= 4 is 23.7 Å². The van der Waals surface area contributed by atoms with Crippen LogP contribution in [0.15, 0.2) is 12.1 Å². The molecule has 1 aromatic carbocycles. The van der Waals surface area contributed by atoms with Gasteiger partial charge in [-0.15, -0.1) is 10.2 Å². The maximum absolute atomic E-state index is 13.2. The van der Waals surface area contributed by atoms with E-state index < -0.39 is 30.2 Å². The molecule has 0 saturated carbocycles. The fourth-order valence-electron chi connectivity index (χ4n) is 2.51. The van der Waals surface area contributed by atoms with Gasteiger partial charge in [0.15, 0.2) is 17.2 Å². The molecule has 0 fully saturated rings. The lowest BCUT2D eigenvalue weighted by Crippen LogP contribution is -2.21. The van der Waals surface area contributed by atoms with Gasteiger partial charge in [0.1, 0.15) is 11.8 Å². The monoisotopic (exact) mass is 422 g/mol. The lowest BCUT2D eigenvalue weighted by molar-refractivity contribution is 0.0562. The second-order valence-corrected chi connectivity index (χ2v) is 6.31. The minimum atomic E-state index is -1.59. The maximum Gasteiger partial charge on any atom is 0.506 e. The summed E-state index contributed by atoms with van der Waals surface area (Å²) in [5.74, 6) is -0.190. The number of carbonyl (C=O) groups is 3. The summed E-state index contributed by atoms with van der Waals surface area (Å²) in [6, 6.07) is 2.73. The number of ketones is 1. The van der Waals surface area contributed by atoms with Crippen LogP contribution in [-0.4, -0.2) is 58.5 Å². The zero-order chi connectivity index (χ0) is 22.6. The summed E-state index contributed by atoms with van der Waals surface area (Å²) >= 11 is 0. The third-order valence-electron chi connectivity index (χ3n) is 3.82. The Morgan fingerprint density at radius 1 is 1.03 bits per heavy atom. The van der Waals surface area contributed by atoms with Crippen LogP contribution in [0.2, 0.25) is 0 Å². The summed E-state index contributed by atoms with van der Waals surface area (Å²) in [6.45, 7) is 4.58. The Morgan fingerprint density at radius 2 is 1.63 bits per heavy atom. The van der Waals surface area contributed by atoms with Gasteiger partial charge in [0, 0.05) is 11.8 Å². The second kappa shape index (κ2) is 9.11. The Bertz CT molecular complexity index is 969. The predicted molar refractivity (Wildman–Crippen MR) is 102 cm³/mol. The first-order chi connectivity index (χ1) is 14.1. The Morgan fingerprint density at radius 3 is 2.17 bits per heavy atom. The molecular formula is C18H22N4O8. The van der Waals surface area contributed by atoms with Crippen LogP contribution >= 0.6 is 0 Å². The molecule has 12 heteroatoms. The molecule has 0 bridgehead atoms. The van der Waals surface area contributed by atoms with Crippen LogP contribution in [0.4, 0.5) is 15.3 Å². The highest BCUT2D eigenvalue weighted by Crippen LogP contribution is 2.33. The van der Waals surface area contributed by atoms with Crippen LogP contribution in [0, 0.1) is 0 Å². The van der Waals surface area contributed by atoms with Crippen LogP contribution in [-0.2, 0) is 9.47 Å². The highest BCUT2D eigenvalue weighted by atomic mass is 16.7. The molecule has 30 heavy (non-hydrogen) atoms. The van der Waals surface area contributed by atoms with E-state index in [1.54, 1.807) is 13.8 Å². The molecule has 0 spiro atoms. The lowest BCUT2D eigenvalue weighted by atomic mass is 10.0. The Hall–Kier alpha value is -3.83. The van der Waals surface area contributed by atoms with Crippen LogP contribution in [0.1, 0.15) is 48.6 Å². The summed E-state index contributed by atoms with van der Waals surface area (Å²) in [4.78, 5) is 36.8. The molecule has 0 saturated heterocycles. The number of methoxy groups -OCH3 is 2. The number of nitrogens with zero attached hydrogens (tertiary/aromatic N) is 3. The van der Waals surface area contributed by atoms with Crippen molar-refractivity contribution in [2.45, 2.75) is 33.0 Å². The Kier molecular flexibility index (Phi) is 6.82. The van der Waals surface area contributed by atoms with Gasteiger partial charge in [-0.1, -0.05) is 4.80 Å². The molecular weight excluding hydrogens is 400 g/mol. The van der Waals surface area contributed by atoms with Crippen molar-refractivity contribution < 1.29 is 38.4 Å². The van der Waals surface area contributed by atoms with E-state index in [2.05, 4.69) is 14.9 Å². The van der Waals surface area contributed by atoms with Crippen LogP contribution in [0.5, 0.6) is 11.5 Å². The number of nitrogen functional groups attached to an aromatic ring is 1. The molecule has 1 atom stereocenters. The van der Waals surface area contributed by atoms with Crippen LogP contribution in [0.3, 0.4) is 0 Å². The van der Waals surface area contributed by atoms with E-state index in [1.165, 1.54) is 33.3 Å². The van der Waals surface area contributed by atoms with Crippen molar-refractivity contribution in [2.75, 3.05) is 20.0 Å². The number of anilines is 1. The summed E-state index contributed by atoms with van der Waals surface area (Å²) in [5, 5.41) is 16.7. The van der Waals surface area contributed by atoms with Gasteiger partial charge in [-0.2, -0.15) is 0 Å². The van der Waals surface area contributed by atoms with Gasteiger partial charge in [0.2, 0.25) is 5.78 Å². The molecule has 0 aliphatic rings. The highest BCUT2D eigenvalue weighted by molar-refractivity contribution is 6.12. The van der Waals surface area contributed by atoms with E-state index in [1.807, 2.05) is 0 Å². The van der Waals surface area contributed by atoms with Crippen molar-refractivity contribution in [1.82, 2.24) is 15.0 Å². The average Bonchev–Trinajstić information content (AvgIpc) is 3.12. The molecule has 0 radical (unpaired) electrons. The van der Waals surface area contributed by atoms with Crippen molar-refractivity contribution in [3.8, 4) is 11.5 Å². The molecule has 162 valence electrons. The number of hydrogen-bond donors (Lipinski definition) is 2. The number of aromatic nitrogens is 3. The molecule has 2 rings (SSSR count). The zero-order valence-electron chi connectivity index (χ0n) is 17.0. The number of nitrogens with two attached hydrogens (primary N) is 1. The van der Waals surface area contributed by atoms with Gasteiger partial charge >= 0.3 is 12.2 Å². The van der Waals surface area contributed by atoms with Crippen molar-refractivity contribution in [3.63, 3.8) is 0 Å². The largest absolute Gasteiger partial charge is 0.506 e. The second-order valence-electron chi connectivity index (χ2n) is 6.31. The van der Waals surface area contributed by atoms with Crippen LogP contribution < -0.4 is 15.2 Å². The van der Waals surface area contributed by atoms with E-state index in [9.17, 15) is 14.4 Å². The fourth-order valence-corrected chi connectivity index (χ4v) is 2.51. The minimum absolute atomic E-state index is 0.0132. The van der Waals surface area contributed by atoms with E-state index in [0.717, 1.165) is 0 Å². The normalized spacial score (nSPS) is 11.7. The minimum Gasteiger partial charge on any atom is -0.493 e. The first kappa shape index (κ1) is 22.5.